The van der Waals surface area contributed by atoms with Gasteiger partial charge in [0.05, 0.1) is 6.04 Å². The largest absolute Gasteiger partial charge is 0.466 e. The van der Waals surface area contributed by atoms with Crippen LogP contribution in [-0.2, 0) is 4.79 Å². The number of likely N-dealkylation sites (N-methyl/N-ethyl adjacent to an activating group) is 1. The average molecular weight is 266 g/mol. The first-order valence-corrected chi connectivity index (χ1v) is 7.02. The van der Waals surface area contributed by atoms with Crippen molar-refractivity contribution in [1.82, 2.24) is 10.2 Å². The van der Waals surface area contributed by atoms with Crippen LogP contribution in [0.5, 0.6) is 0 Å². The predicted octanol–water partition coefficient (Wildman–Crippen LogP) is 2.80. The van der Waals surface area contributed by atoms with Gasteiger partial charge in [0.15, 0.2) is 0 Å². The van der Waals surface area contributed by atoms with E-state index in [1.165, 1.54) is 0 Å². The normalized spacial score (nSPS) is 14.2. The van der Waals surface area contributed by atoms with Gasteiger partial charge in [0.2, 0.25) is 5.91 Å². The van der Waals surface area contributed by atoms with E-state index in [0.29, 0.717) is 0 Å². The maximum Gasteiger partial charge on any atom is 0.239 e. The Kier molecular flexibility index (Phi) is 5.60. The highest BCUT2D eigenvalue weighted by Crippen LogP contribution is 2.21. The fourth-order valence-corrected chi connectivity index (χ4v) is 2.43. The van der Waals surface area contributed by atoms with Gasteiger partial charge in [0.25, 0.3) is 0 Å². The molecule has 4 nitrogen and oxygen atoms in total. The smallest absolute Gasteiger partial charge is 0.239 e. The summed E-state index contributed by atoms with van der Waals surface area (Å²) in [6.07, 6.45) is 0. The third-order valence-electron chi connectivity index (χ3n) is 3.49. The number of rotatable bonds is 6. The molecule has 0 aromatic carbocycles. The Hall–Kier alpha value is -1.29. The van der Waals surface area contributed by atoms with Crippen molar-refractivity contribution in [3.05, 3.63) is 23.2 Å². The summed E-state index contributed by atoms with van der Waals surface area (Å²) < 4.78 is 5.53. The van der Waals surface area contributed by atoms with Gasteiger partial charge in [-0.05, 0) is 47.6 Å². The summed E-state index contributed by atoms with van der Waals surface area (Å²) in [6.45, 7) is 13.4. The first kappa shape index (κ1) is 15.8. The van der Waals surface area contributed by atoms with Gasteiger partial charge in [-0.2, -0.15) is 0 Å². The summed E-state index contributed by atoms with van der Waals surface area (Å²) in [5, 5.41) is 3.35. The maximum absolute atomic E-state index is 12.2. The molecule has 0 bridgehead atoms. The molecule has 0 fully saturated rings. The Labute approximate surface area is 116 Å². The highest BCUT2D eigenvalue weighted by atomic mass is 16.3. The van der Waals surface area contributed by atoms with Crippen LogP contribution in [-0.4, -0.2) is 29.9 Å². The van der Waals surface area contributed by atoms with Gasteiger partial charge < -0.3 is 9.32 Å². The zero-order chi connectivity index (χ0) is 14.6. The monoisotopic (exact) mass is 266 g/mol. The zero-order valence-electron chi connectivity index (χ0n) is 12.9. The molecule has 0 saturated carbocycles. The number of carbonyl (C=O) groups excluding carboxylic acids is 1. The van der Waals surface area contributed by atoms with Gasteiger partial charge in [0.1, 0.15) is 11.5 Å². The van der Waals surface area contributed by atoms with Crippen LogP contribution in [0.25, 0.3) is 0 Å². The van der Waals surface area contributed by atoms with Gasteiger partial charge >= 0.3 is 0 Å². The molecule has 0 aliphatic heterocycles. The second-order valence-corrected chi connectivity index (χ2v) is 4.99. The Morgan fingerprint density at radius 2 is 1.89 bits per heavy atom. The van der Waals surface area contributed by atoms with E-state index in [1.807, 2.05) is 45.6 Å². The van der Waals surface area contributed by atoms with E-state index in [2.05, 4.69) is 12.2 Å². The third-order valence-corrected chi connectivity index (χ3v) is 3.49. The molecular weight excluding hydrogens is 240 g/mol. The van der Waals surface area contributed by atoms with Crippen molar-refractivity contribution in [3.63, 3.8) is 0 Å². The van der Waals surface area contributed by atoms with Crippen LogP contribution in [0.3, 0.4) is 0 Å². The highest BCUT2D eigenvalue weighted by molar-refractivity contribution is 5.81. The molecule has 108 valence electrons. The zero-order valence-corrected chi connectivity index (χ0v) is 12.9. The van der Waals surface area contributed by atoms with Crippen LogP contribution < -0.4 is 5.32 Å². The van der Waals surface area contributed by atoms with Crippen molar-refractivity contribution >= 4 is 5.91 Å². The summed E-state index contributed by atoms with van der Waals surface area (Å²) in [6, 6.07) is 1.94. The SMILES string of the molecule is CCN(CC)C(=O)C(C)NC(C)c1cc(C)oc1C. The molecule has 19 heavy (non-hydrogen) atoms. The summed E-state index contributed by atoms with van der Waals surface area (Å²) in [7, 11) is 0. The van der Waals surface area contributed by atoms with Gasteiger partial charge in [-0.25, -0.2) is 0 Å². The molecule has 0 saturated heterocycles. The van der Waals surface area contributed by atoms with E-state index >= 15 is 0 Å². The lowest BCUT2D eigenvalue weighted by molar-refractivity contribution is -0.132. The van der Waals surface area contributed by atoms with Crippen LogP contribution >= 0.6 is 0 Å². The number of hydrogen-bond donors (Lipinski definition) is 1. The van der Waals surface area contributed by atoms with E-state index in [-0.39, 0.29) is 18.0 Å². The van der Waals surface area contributed by atoms with Crippen molar-refractivity contribution in [2.75, 3.05) is 13.1 Å². The number of carbonyl (C=O) groups is 1. The highest BCUT2D eigenvalue weighted by Gasteiger charge is 2.21. The molecule has 1 rings (SSSR count). The van der Waals surface area contributed by atoms with E-state index in [0.717, 1.165) is 30.2 Å². The Balaban J connectivity index is 2.68. The standard InChI is InChI=1S/C15H26N2O2/c1-7-17(8-2)15(18)12(5)16-11(4)14-9-10(3)19-13(14)6/h9,11-12,16H,7-8H2,1-6H3. The van der Waals surface area contributed by atoms with E-state index in [4.69, 9.17) is 4.42 Å². The summed E-state index contributed by atoms with van der Waals surface area (Å²) >= 11 is 0. The number of aryl methyl sites for hydroxylation is 2. The summed E-state index contributed by atoms with van der Waals surface area (Å²) in [4.78, 5) is 14.0. The molecule has 1 amide bonds. The van der Waals surface area contributed by atoms with Gasteiger partial charge in [0, 0.05) is 24.7 Å². The first-order chi connectivity index (χ1) is 8.90. The van der Waals surface area contributed by atoms with Crippen LogP contribution in [0, 0.1) is 13.8 Å². The van der Waals surface area contributed by atoms with Gasteiger partial charge in [-0.1, -0.05) is 0 Å². The lowest BCUT2D eigenvalue weighted by atomic mass is 10.1. The lowest BCUT2D eigenvalue weighted by Gasteiger charge is -2.25. The van der Waals surface area contributed by atoms with Crippen molar-refractivity contribution in [3.8, 4) is 0 Å². The average Bonchev–Trinajstić information content (AvgIpc) is 2.69. The van der Waals surface area contributed by atoms with Crippen LogP contribution in [0.15, 0.2) is 10.5 Å². The third kappa shape index (κ3) is 3.83. The molecule has 1 aromatic rings. The van der Waals surface area contributed by atoms with Gasteiger partial charge in [-0.15, -0.1) is 0 Å². The molecule has 2 unspecified atom stereocenters. The minimum Gasteiger partial charge on any atom is -0.466 e. The van der Waals surface area contributed by atoms with Crippen LogP contribution in [0.4, 0.5) is 0 Å². The van der Waals surface area contributed by atoms with E-state index in [9.17, 15) is 4.79 Å². The van der Waals surface area contributed by atoms with Crippen LogP contribution in [0.1, 0.15) is 50.8 Å². The number of amides is 1. The quantitative estimate of drug-likeness (QED) is 0.861. The number of nitrogens with one attached hydrogen (secondary N) is 1. The minimum atomic E-state index is -0.190. The van der Waals surface area contributed by atoms with Crippen molar-refractivity contribution in [2.45, 2.75) is 53.6 Å². The summed E-state index contributed by atoms with van der Waals surface area (Å²) in [5.74, 6) is 1.97. The fourth-order valence-electron chi connectivity index (χ4n) is 2.43. The van der Waals surface area contributed by atoms with Crippen molar-refractivity contribution < 1.29 is 9.21 Å². The molecule has 0 aliphatic carbocycles. The molecule has 1 heterocycles. The molecule has 2 atom stereocenters. The Morgan fingerprint density at radius 3 is 2.32 bits per heavy atom. The van der Waals surface area contributed by atoms with Gasteiger partial charge in [-0.3, -0.25) is 10.1 Å². The minimum absolute atomic E-state index is 0.104. The molecular formula is C15H26N2O2. The molecule has 1 aromatic heterocycles. The Bertz CT molecular complexity index is 422. The second-order valence-electron chi connectivity index (χ2n) is 4.99. The summed E-state index contributed by atoms with van der Waals surface area (Å²) in [5.41, 5.74) is 1.12. The maximum atomic E-state index is 12.2. The fraction of sp³-hybridized carbons (Fsp3) is 0.667. The lowest BCUT2D eigenvalue weighted by Crippen LogP contribution is -2.45. The Morgan fingerprint density at radius 1 is 1.32 bits per heavy atom. The van der Waals surface area contributed by atoms with E-state index in [1.54, 1.807) is 0 Å². The number of nitrogens with zero attached hydrogens (tertiary/aromatic N) is 1. The number of hydrogen-bond acceptors (Lipinski definition) is 3. The molecule has 0 radical (unpaired) electrons. The van der Waals surface area contributed by atoms with Crippen LogP contribution in [0.2, 0.25) is 0 Å². The molecule has 1 N–H and O–H groups in total. The molecule has 0 aliphatic rings. The second kappa shape index (κ2) is 6.75. The van der Waals surface area contributed by atoms with Crippen molar-refractivity contribution in [1.29, 1.82) is 0 Å². The number of furan rings is 1. The first-order valence-electron chi connectivity index (χ1n) is 7.02. The topological polar surface area (TPSA) is 45.5 Å². The van der Waals surface area contributed by atoms with E-state index < -0.39 is 0 Å². The predicted molar refractivity (Wildman–Crippen MR) is 77.1 cm³/mol. The van der Waals surface area contributed by atoms with Crippen molar-refractivity contribution in [2.24, 2.45) is 0 Å². The molecule has 4 heteroatoms. The molecule has 0 spiro atoms.